The number of thiazole rings is 1. The fourth-order valence-electron chi connectivity index (χ4n) is 2.34. The Morgan fingerprint density at radius 3 is 2.21 bits per heavy atom. The van der Waals surface area contributed by atoms with Crippen molar-refractivity contribution in [3.8, 4) is 11.3 Å². The highest BCUT2D eigenvalue weighted by Crippen LogP contribution is 2.23. The van der Waals surface area contributed by atoms with Gasteiger partial charge in [-0.1, -0.05) is 35.3 Å². The molecule has 0 aliphatic carbocycles. The number of benzene rings is 2. The van der Waals surface area contributed by atoms with E-state index in [1.807, 2.05) is 48.5 Å². The number of aliphatic hydroxyl groups excluding tert-OH is 1. The Bertz CT molecular complexity index is 867. The molecule has 0 fully saturated rings. The first-order valence-corrected chi connectivity index (χ1v) is 9.16. The molecular formula is C18H16Cl2N2OS. The molecule has 0 amide bonds. The Morgan fingerprint density at radius 2 is 1.58 bits per heavy atom. The van der Waals surface area contributed by atoms with Gasteiger partial charge >= 0.3 is 0 Å². The number of rotatable bonds is 5. The molecule has 0 radical (unpaired) electrons. The molecule has 1 aromatic heterocycles. The number of aromatic nitrogens is 1. The smallest absolute Gasteiger partial charge is 0.190 e. The van der Waals surface area contributed by atoms with Crippen LogP contribution in [0.25, 0.3) is 11.3 Å². The Morgan fingerprint density at radius 1 is 0.958 bits per heavy atom. The van der Waals surface area contributed by atoms with E-state index in [-0.39, 0.29) is 6.61 Å². The molecular weight excluding hydrogens is 363 g/mol. The molecule has 0 unspecified atom stereocenters. The Kier molecular flexibility index (Phi) is 5.74. The standard InChI is InChI=1S/C18H16Cl2N2OS/c19-14-4-2-13(3-5-14)17-12-24-18(22(17)10-1-11-23)21-16-8-6-15(20)7-9-16/h2-9,12,23H,1,10-11H2. The van der Waals surface area contributed by atoms with Crippen molar-refractivity contribution in [2.75, 3.05) is 6.61 Å². The summed E-state index contributed by atoms with van der Waals surface area (Å²) in [6.07, 6.45) is 0.672. The van der Waals surface area contributed by atoms with Crippen molar-refractivity contribution in [3.63, 3.8) is 0 Å². The summed E-state index contributed by atoms with van der Waals surface area (Å²) < 4.78 is 2.12. The van der Waals surface area contributed by atoms with Gasteiger partial charge in [-0.25, -0.2) is 4.99 Å². The second-order valence-corrected chi connectivity index (χ2v) is 6.94. The molecule has 0 spiro atoms. The van der Waals surface area contributed by atoms with E-state index in [0.29, 0.717) is 23.0 Å². The van der Waals surface area contributed by atoms with Crippen LogP contribution in [0.2, 0.25) is 10.0 Å². The summed E-state index contributed by atoms with van der Waals surface area (Å²) in [5, 5.41) is 12.7. The van der Waals surface area contributed by atoms with E-state index in [1.165, 1.54) is 0 Å². The van der Waals surface area contributed by atoms with Crippen molar-refractivity contribution >= 4 is 40.2 Å². The third-order valence-corrected chi connectivity index (χ3v) is 4.90. The summed E-state index contributed by atoms with van der Waals surface area (Å²) in [5.41, 5.74) is 2.99. The van der Waals surface area contributed by atoms with Crippen LogP contribution in [-0.4, -0.2) is 16.3 Å². The number of hydrogen-bond donors (Lipinski definition) is 1. The van der Waals surface area contributed by atoms with E-state index in [9.17, 15) is 5.11 Å². The molecule has 24 heavy (non-hydrogen) atoms. The first-order valence-electron chi connectivity index (χ1n) is 7.53. The van der Waals surface area contributed by atoms with Crippen molar-refractivity contribution in [1.29, 1.82) is 0 Å². The summed E-state index contributed by atoms with van der Waals surface area (Å²) in [7, 11) is 0. The lowest BCUT2D eigenvalue weighted by molar-refractivity contribution is 0.279. The van der Waals surface area contributed by atoms with Gasteiger partial charge in [-0.05, 0) is 48.4 Å². The Hall–Kier alpha value is -1.59. The van der Waals surface area contributed by atoms with E-state index >= 15 is 0 Å². The average Bonchev–Trinajstić information content (AvgIpc) is 2.98. The zero-order chi connectivity index (χ0) is 16.9. The van der Waals surface area contributed by atoms with Crippen LogP contribution < -0.4 is 4.80 Å². The molecule has 0 saturated heterocycles. The van der Waals surface area contributed by atoms with E-state index in [0.717, 1.165) is 21.7 Å². The van der Waals surface area contributed by atoms with Gasteiger partial charge in [0.2, 0.25) is 0 Å². The monoisotopic (exact) mass is 378 g/mol. The molecule has 0 saturated carbocycles. The van der Waals surface area contributed by atoms with Crippen molar-refractivity contribution in [3.05, 3.63) is 68.8 Å². The van der Waals surface area contributed by atoms with Crippen molar-refractivity contribution in [2.24, 2.45) is 4.99 Å². The van der Waals surface area contributed by atoms with Crippen LogP contribution in [0, 0.1) is 0 Å². The van der Waals surface area contributed by atoms with Gasteiger partial charge in [-0.3, -0.25) is 0 Å². The fourth-order valence-corrected chi connectivity index (χ4v) is 3.55. The lowest BCUT2D eigenvalue weighted by Crippen LogP contribution is -2.16. The van der Waals surface area contributed by atoms with Gasteiger partial charge in [0.1, 0.15) is 0 Å². The zero-order valence-electron chi connectivity index (χ0n) is 12.8. The summed E-state index contributed by atoms with van der Waals surface area (Å²) >= 11 is 13.5. The minimum atomic E-state index is 0.142. The molecule has 0 atom stereocenters. The second-order valence-electron chi connectivity index (χ2n) is 5.23. The lowest BCUT2D eigenvalue weighted by Gasteiger charge is -2.08. The van der Waals surface area contributed by atoms with E-state index < -0.39 is 0 Å². The average molecular weight is 379 g/mol. The van der Waals surface area contributed by atoms with Crippen LogP contribution in [0.1, 0.15) is 6.42 Å². The van der Waals surface area contributed by atoms with Crippen molar-refractivity contribution in [1.82, 2.24) is 4.57 Å². The number of hydrogen-bond acceptors (Lipinski definition) is 3. The largest absolute Gasteiger partial charge is 0.396 e. The maximum Gasteiger partial charge on any atom is 0.190 e. The highest BCUT2D eigenvalue weighted by molar-refractivity contribution is 7.07. The first-order chi connectivity index (χ1) is 11.7. The maximum atomic E-state index is 9.20. The van der Waals surface area contributed by atoms with Gasteiger partial charge in [0.05, 0.1) is 11.4 Å². The predicted molar refractivity (Wildman–Crippen MR) is 101 cm³/mol. The molecule has 3 rings (SSSR count). The number of aliphatic hydroxyl groups is 1. The van der Waals surface area contributed by atoms with Gasteiger partial charge in [0.15, 0.2) is 4.80 Å². The van der Waals surface area contributed by atoms with Gasteiger partial charge in [-0.2, -0.15) is 0 Å². The molecule has 124 valence electrons. The van der Waals surface area contributed by atoms with E-state index in [1.54, 1.807) is 11.3 Å². The number of nitrogens with zero attached hydrogens (tertiary/aromatic N) is 2. The fraction of sp³-hybridized carbons (Fsp3) is 0.167. The van der Waals surface area contributed by atoms with Crippen LogP contribution in [0.3, 0.4) is 0 Å². The van der Waals surface area contributed by atoms with Gasteiger partial charge < -0.3 is 9.67 Å². The third-order valence-electron chi connectivity index (χ3n) is 3.53. The normalized spacial score (nSPS) is 11.9. The highest BCUT2D eigenvalue weighted by Gasteiger charge is 2.08. The summed E-state index contributed by atoms with van der Waals surface area (Å²) in [6, 6.07) is 15.2. The molecule has 0 bridgehead atoms. The highest BCUT2D eigenvalue weighted by atomic mass is 35.5. The molecule has 2 aromatic carbocycles. The molecule has 6 heteroatoms. The van der Waals surface area contributed by atoms with Gasteiger partial charge in [0, 0.05) is 28.6 Å². The lowest BCUT2D eigenvalue weighted by atomic mass is 10.2. The van der Waals surface area contributed by atoms with Crippen LogP contribution in [0.4, 0.5) is 5.69 Å². The number of halogens is 2. The first kappa shape index (κ1) is 17.2. The second kappa shape index (κ2) is 7.99. The third kappa shape index (κ3) is 4.08. The molecule has 3 nitrogen and oxygen atoms in total. The molecule has 1 N–H and O–H groups in total. The van der Waals surface area contributed by atoms with Crippen LogP contribution in [-0.2, 0) is 6.54 Å². The molecule has 3 aromatic rings. The van der Waals surface area contributed by atoms with Gasteiger partial charge in [-0.15, -0.1) is 11.3 Å². The van der Waals surface area contributed by atoms with E-state index in [2.05, 4.69) is 9.95 Å². The van der Waals surface area contributed by atoms with Crippen LogP contribution >= 0.6 is 34.5 Å². The Labute approximate surface area is 154 Å². The topological polar surface area (TPSA) is 37.5 Å². The SMILES string of the molecule is OCCCn1c(-c2ccc(Cl)cc2)csc1=Nc1ccc(Cl)cc1. The minimum absolute atomic E-state index is 0.142. The van der Waals surface area contributed by atoms with Crippen molar-refractivity contribution in [2.45, 2.75) is 13.0 Å². The minimum Gasteiger partial charge on any atom is -0.396 e. The van der Waals surface area contributed by atoms with E-state index in [4.69, 9.17) is 28.2 Å². The van der Waals surface area contributed by atoms with Gasteiger partial charge in [0.25, 0.3) is 0 Å². The molecule has 0 aliphatic heterocycles. The quantitative estimate of drug-likeness (QED) is 0.655. The summed E-state index contributed by atoms with van der Waals surface area (Å²) in [6.45, 7) is 0.841. The summed E-state index contributed by atoms with van der Waals surface area (Å²) in [4.78, 5) is 5.60. The maximum absolute atomic E-state index is 9.20. The van der Waals surface area contributed by atoms with Crippen LogP contribution in [0.5, 0.6) is 0 Å². The summed E-state index contributed by atoms with van der Waals surface area (Å²) in [5.74, 6) is 0. The predicted octanol–water partition coefficient (Wildman–Crippen LogP) is 5.14. The zero-order valence-corrected chi connectivity index (χ0v) is 15.2. The van der Waals surface area contributed by atoms with Crippen molar-refractivity contribution < 1.29 is 5.11 Å². The molecule has 0 aliphatic rings. The Balaban J connectivity index is 2.06. The van der Waals surface area contributed by atoms with Crippen LogP contribution in [0.15, 0.2) is 58.9 Å². The molecule has 1 heterocycles.